The van der Waals surface area contributed by atoms with Crippen molar-refractivity contribution in [2.24, 2.45) is 0 Å². The molecule has 1 saturated heterocycles. The fourth-order valence-electron chi connectivity index (χ4n) is 2.31. The summed E-state index contributed by atoms with van der Waals surface area (Å²) in [5.41, 5.74) is 0.639. The van der Waals surface area contributed by atoms with Gasteiger partial charge in [-0.25, -0.2) is 4.98 Å². The van der Waals surface area contributed by atoms with Crippen LogP contribution in [0.2, 0.25) is 0 Å². The number of carbonyl (C=O) groups is 1. The van der Waals surface area contributed by atoms with E-state index in [0.29, 0.717) is 38.2 Å². The fourth-order valence-corrected chi connectivity index (χ4v) is 2.31. The van der Waals surface area contributed by atoms with Crippen molar-refractivity contribution in [2.45, 2.75) is 20.3 Å². The summed E-state index contributed by atoms with van der Waals surface area (Å²) in [6, 6.07) is 1.73. The lowest BCUT2D eigenvalue weighted by Gasteiger charge is -2.35. The first-order chi connectivity index (χ1) is 9.52. The first-order valence-electron chi connectivity index (χ1n) is 6.66. The van der Waals surface area contributed by atoms with E-state index in [-0.39, 0.29) is 11.6 Å². The largest absolute Gasteiger partial charge is 0.353 e. The van der Waals surface area contributed by atoms with Crippen molar-refractivity contribution < 1.29 is 9.72 Å². The van der Waals surface area contributed by atoms with E-state index in [1.165, 1.54) is 6.20 Å². The molecular formula is C13H18N4O3. The van der Waals surface area contributed by atoms with Gasteiger partial charge in [0.05, 0.1) is 4.92 Å². The van der Waals surface area contributed by atoms with Gasteiger partial charge in [0, 0.05) is 38.2 Å². The number of amides is 1. The van der Waals surface area contributed by atoms with Crippen LogP contribution in [0, 0.1) is 17.0 Å². The second-order valence-corrected chi connectivity index (χ2v) is 4.81. The Balaban J connectivity index is 2.06. The topological polar surface area (TPSA) is 79.6 Å². The predicted molar refractivity (Wildman–Crippen MR) is 74.7 cm³/mol. The Labute approximate surface area is 117 Å². The normalized spacial score (nSPS) is 15.3. The van der Waals surface area contributed by atoms with E-state index >= 15 is 0 Å². The Kier molecular flexibility index (Phi) is 4.16. The van der Waals surface area contributed by atoms with Crippen molar-refractivity contribution in [3.8, 4) is 0 Å². The lowest BCUT2D eigenvalue weighted by Crippen LogP contribution is -2.48. The molecule has 2 rings (SSSR count). The summed E-state index contributed by atoms with van der Waals surface area (Å²) in [6.45, 7) is 6.32. The highest BCUT2D eigenvalue weighted by Crippen LogP contribution is 2.22. The smallest absolute Gasteiger partial charge is 0.290 e. The van der Waals surface area contributed by atoms with Crippen molar-refractivity contribution in [2.75, 3.05) is 31.1 Å². The van der Waals surface area contributed by atoms with Crippen LogP contribution in [-0.2, 0) is 4.79 Å². The summed E-state index contributed by atoms with van der Waals surface area (Å²) in [6.07, 6.45) is 1.82. The summed E-state index contributed by atoms with van der Waals surface area (Å²) in [5, 5.41) is 10.8. The van der Waals surface area contributed by atoms with Gasteiger partial charge in [-0.05, 0) is 13.0 Å². The molecular weight excluding hydrogens is 260 g/mol. The van der Waals surface area contributed by atoms with Gasteiger partial charge in [-0.15, -0.1) is 0 Å². The number of nitrogens with zero attached hydrogens (tertiary/aromatic N) is 4. The van der Waals surface area contributed by atoms with Crippen molar-refractivity contribution in [3.63, 3.8) is 0 Å². The fraction of sp³-hybridized carbons (Fsp3) is 0.538. The second kappa shape index (κ2) is 5.85. The average Bonchev–Trinajstić information content (AvgIpc) is 2.46. The first-order valence-corrected chi connectivity index (χ1v) is 6.66. The number of aryl methyl sites for hydroxylation is 1. The third kappa shape index (κ3) is 2.87. The van der Waals surface area contributed by atoms with E-state index in [1.807, 2.05) is 11.8 Å². The molecule has 0 N–H and O–H groups in total. The summed E-state index contributed by atoms with van der Waals surface area (Å²) >= 11 is 0. The maximum absolute atomic E-state index is 11.6. The van der Waals surface area contributed by atoms with Crippen LogP contribution in [0.4, 0.5) is 11.5 Å². The summed E-state index contributed by atoms with van der Waals surface area (Å²) < 4.78 is 0. The van der Waals surface area contributed by atoms with Crippen LogP contribution in [0.3, 0.4) is 0 Å². The number of piperazine rings is 1. The number of anilines is 1. The number of rotatable bonds is 3. The van der Waals surface area contributed by atoms with E-state index in [2.05, 4.69) is 9.88 Å². The number of aromatic nitrogens is 1. The van der Waals surface area contributed by atoms with Crippen LogP contribution in [0.1, 0.15) is 18.9 Å². The molecule has 0 atom stereocenters. The maximum atomic E-state index is 11.6. The van der Waals surface area contributed by atoms with E-state index in [4.69, 9.17) is 0 Å². The number of hydrogen-bond donors (Lipinski definition) is 0. The van der Waals surface area contributed by atoms with Gasteiger partial charge in [0.1, 0.15) is 12.0 Å². The number of hydrogen-bond acceptors (Lipinski definition) is 5. The van der Waals surface area contributed by atoms with Crippen LogP contribution >= 0.6 is 0 Å². The molecule has 1 aromatic heterocycles. The van der Waals surface area contributed by atoms with E-state index in [0.717, 1.165) is 5.82 Å². The minimum Gasteiger partial charge on any atom is -0.353 e. The lowest BCUT2D eigenvalue weighted by molar-refractivity contribution is -0.385. The molecule has 20 heavy (non-hydrogen) atoms. The van der Waals surface area contributed by atoms with Gasteiger partial charge < -0.3 is 9.80 Å². The van der Waals surface area contributed by atoms with Crippen LogP contribution in [0.25, 0.3) is 0 Å². The van der Waals surface area contributed by atoms with Gasteiger partial charge in [0.25, 0.3) is 5.69 Å². The SMILES string of the molecule is CCC(=O)N1CCN(c2cc(C)c([N+](=O)[O-])cn2)CC1. The standard InChI is InChI=1S/C13H18N4O3/c1-3-13(18)16-6-4-15(5-7-16)12-8-10(2)11(9-14-12)17(19)20/h8-9H,3-7H2,1-2H3. The van der Waals surface area contributed by atoms with Crippen molar-refractivity contribution in [1.29, 1.82) is 0 Å². The summed E-state index contributed by atoms with van der Waals surface area (Å²) in [4.78, 5) is 30.0. The van der Waals surface area contributed by atoms with Crippen LogP contribution in [-0.4, -0.2) is 46.9 Å². The van der Waals surface area contributed by atoms with Crippen molar-refractivity contribution in [1.82, 2.24) is 9.88 Å². The Bertz CT molecular complexity index is 524. The van der Waals surface area contributed by atoms with Crippen LogP contribution in [0.5, 0.6) is 0 Å². The van der Waals surface area contributed by atoms with E-state index < -0.39 is 4.92 Å². The highest BCUT2D eigenvalue weighted by Gasteiger charge is 2.22. The van der Waals surface area contributed by atoms with Gasteiger partial charge in [-0.3, -0.25) is 14.9 Å². The zero-order chi connectivity index (χ0) is 14.7. The quantitative estimate of drug-likeness (QED) is 0.616. The van der Waals surface area contributed by atoms with E-state index in [1.54, 1.807) is 13.0 Å². The molecule has 7 heteroatoms. The highest BCUT2D eigenvalue weighted by molar-refractivity contribution is 5.76. The molecule has 0 radical (unpaired) electrons. The van der Waals surface area contributed by atoms with E-state index in [9.17, 15) is 14.9 Å². The number of carbonyl (C=O) groups excluding carboxylic acids is 1. The first kappa shape index (κ1) is 14.2. The Morgan fingerprint density at radius 3 is 2.55 bits per heavy atom. The maximum Gasteiger partial charge on any atom is 0.290 e. The summed E-state index contributed by atoms with van der Waals surface area (Å²) in [7, 11) is 0. The molecule has 1 aromatic rings. The zero-order valence-electron chi connectivity index (χ0n) is 11.7. The lowest BCUT2D eigenvalue weighted by atomic mass is 10.2. The molecule has 108 valence electrons. The molecule has 0 aromatic carbocycles. The molecule has 0 aliphatic carbocycles. The minimum atomic E-state index is -0.427. The molecule has 2 heterocycles. The monoisotopic (exact) mass is 278 g/mol. The van der Waals surface area contributed by atoms with Gasteiger partial charge in [-0.1, -0.05) is 6.92 Å². The Hall–Kier alpha value is -2.18. The van der Waals surface area contributed by atoms with Crippen molar-refractivity contribution >= 4 is 17.4 Å². The molecule has 1 fully saturated rings. The average molecular weight is 278 g/mol. The van der Waals surface area contributed by atoms with Gasteiger partial charge in [0.15, 0.2) is 0 Å². The second-order valence-electron chi connectivity index (χ2n) is 4.81. The van der Waals surface area contributed by atoms with Gasteiger partial charge in [-0.2, -0.15) is 0 Å². The molecule has 7 nitrogen and oxygen atoms in total. The molecule has 1 amide bonds. The molecule has 1 aliphatic rings. The third-order valence-electron chi connectivity index (χ3n) is 3.52. The summed E-state index contributed by atoms with van der Waals surface area (Å²) in [5.74, 6) is 0.897. The molecule has 0 unspecified atom stereocenters. The number of pyridine rings is 1. The van der Waals surface area contributed by atoms with Crippen molar-refractivity contribution in [3.05, 3.63) is 27.9 Å². The van der Waals surface area contributed by atoms with Crippen LogP contribution < -0.4 is 4.90 Å². The number of nitro groups is 1. The van der Waals surface area contributed by atoms with Gasteiger partial charge >= 0.3 is 0 Å². The molecule has 0 spiro atoms. The Morgan fingerprint density at radius 1 is 1.40 bits per heavy atom. The predicted octanol–water partition coefficient (Wildman–Crippen LogP) is 1.36. The zero-order valence-corrected chi connectivity index (χ0v) is 11.7. The Morgan fingerprint density at radius 2 is 2.05 bits per heavy atom. The molecule has 1 aliphatic heterocycles. The highest BCUT2D eigenvalue weighted by atomic mass is 16.6. The third-order valence-corrected chi connectivity index (χ3v) is 3.52. The molecule has 0 bridgehead atoms. The molecule has 0 saturated carbocycles. The minimum absolute atomic E-state index is 0.0357. The van der Waals surface area contributed by atoms with Gasteiger partial charge in [0.2, 0.25) is 5.91 Å². The van der Waals surface area contributed by atoms with Crippen LogP contribution in [0.15, 0.2) is 12.3 Å².